The van der Waals surface area contributed by atoms with Crippen LogP contribution in [0.15, 0.2) is 87.5 Å². The monoisotopic (exact) mass is 605 g/mol. The average molecular weight is 607 g/mol. The summed E-state index contributed by atoms with van der Waals surface area (Å²) in [5.74, 6) is -1.88. The van der Waals surface area contributed by atoms with Gasteiger partial charge in [0.15, 0.2) is 11.6 Å². The molecule has 0 amide bonds. The van der Waals surface area contributed by atoms with Gasteiger partial charge in [-0.3, -0.25) is 9.59 Å². The zero-order valence-corrected chi connectivity index (χ0v) is 23.2. The summed E-state index contributed by atoms with van der Waals surface area (Å²) in [7, 11) is -4.22. The van der Waals surface area contributed by atoms with Gasteiger partial charge in [-0.15, -0.1) is 10.2 Å². The van der Waals surface area contributed by atoms with Gasteiger partial charge in [-0.2, -0.15) is 9.52 Å². The van der Waals surface area contributed by atoms with E-state index >= 15 is 0 Å². The van der Waals surface area contributed by atoms with Gasteiger partial charge >= 0.3 is 5.97 Å². The molecular weight excluding hydrogens is 585 g/mol. The Labute approximate surface area is 238 Å². The van der Waals surface area contributed by atoms with Gasteiger partial charge in [0, 0.05) is 26.3 Å². The number of nitrogens with zero attached hydrogens (tertiary/aromatic N) is 4. The molecule has 0 aliphatic carbocycles. The number of benzene rings is 3. The number of ketones is 1. The van der Waals surface area contributed by atoms with E-state index in [2.05, 4.69) is 20.1 Å². The third kappa shape index (κ3) is 7.87. The first-order valence-corrected chi connectivity index (χ1v) is 14.5. The number of sulfonamides is 1. The second-order valence-corrected chi connectivity index (χ2v) is 11.9. The number of rotatable bonds is 12. The van der Waals surface area contributed by atoms with Gasteiger partial charge in [0.2, 0.25) is 10.0 Å². The number of aromatic nitrogens is 4. The molecule has 14 heteroatoms. The number of tetrazole rings is 1. The highest BCUT2D eigenvalue weighted by Gasteiger charge is 2.28. The molecule has 1 aromatic heterocycles. The second-order valence-electron chi connectivity index (χ2n) is 8.24. The number of nitrogens with one attached hydrogen (secondary N) is 1. The lowest BCUT2D eigenvalue weighted by Crippen LogP contribution is -2.43. The fraction of sp³-hybridized carbons (Fsp3) is 0.160. The Kier molecular flexibility index (Phi) is 9.36. The molecule has 1 heterocycles. The number of carboxylic acid groups (broad SMARTS) is 1. The Hall–Kier alpha value is -3.29. The van der Waals surface area contributed by atoms with Crippen molar-refractivity contribution in [2.24, 2.45) is 0 Å². The molecule has 1 unspecified atom stereocenters. The second kappa shape index (κ2) is 12.7. The van der Waals surface area contributed by atoms with Crippen LogP contribution in [-0.2, 0) is 32.6 Å². The summed E-state index contributed by atoms with van der Waals surface area (Å²) in [6.45, 7) is -0.504. The number of carbonyl (C=O) groups is 2. The maximum Gasteiger partial charge on any atom is 0.305 e. The SMILES string of the molecule is O=C(O)CC(NS(=O)(=O)c1ccc(Sc2ccccc2)cc1)C(=O)Cn1nnc(Cc2c(Cl)cccc2Cl)n1. The Morgan fingerprint density at radius 3 is 2.23 bits per heavy atom. The predicted molar refractivity (Wildman–Crippen MR) is 145 cm³/mol. The van der Waals surface area contributed by atoms with Gasteiger partial charge in [-0.1, -0.05) is 59.2 Å². The van der Waals surface area contributed by atoms with Gasteiger partial charge in [-0.05, 0) is 59.3 Å². The van der Waals surface area contributed by atoms with Crippen molar-refractivity contribution in [1.29, 1.82) is 0 Å². The summed E-state index contributed by atoms with van der Waals surface area (Å²) in [5, 5.41) is 21.9. The van der Waals surface area contributed by atoms with Crippen molar-refractivity contribution in [1.82, 2.24) is 24.9 Å². The number of hydrogen-bond donors (Lipinski definition) is 2. The number of carbonyl (C=O) groups excluding carboxylic acids is 1. The van der Waals surface area contributed by atoms with Crippen LogP contribution >= 0.6 is 35.0 Å². The van der Waals surface area contributed by atoms with Gasteiger partial charge in [0.05, 0.1) is 17.4 Å². The summed E-state index contributed by atoms with van der Waals surface area (Å²) >= 11 is 13.8. The van der Waals surface area contributed by atoms with E-state index in [-0.39, 0.29) is 17.1 Å². The molecule has 4 rings (SSSR count). The molecule has 0 bridgehead atoms. The summed E-state index contributed by atoms with van der Waals surface area (Å²) in [5.41, 5.74) is 0.580. The van der Waals surface area contributed by atoms with Gasteiger partial charge < -0.3 is 5.11 Å². The van der Waals surface area contributed by atoms with Crippen LogP contribution in [0.2, 0.25) is 10.0 Å². The van der Waals surface area contributed by atoms with Crippen molar-refractivity contribution >= 4 is 56.7 Å². The van der Waals surface area contributed by atoms with Crippen molar-refractivity contribution in [3.05, 3.63) is 94.2 Å². The standard InChI is InChI=1S/C25H21Cl2N5O5S2/c26-20-7-4-8-21(27)19(20)13-24-28-31-32(29-24)15-23(33)22(14-25(34)35)30-39(36,37)18-11-9-17(10-12-18)38-16-5-2-1-3-6-16/h1-12,22,30H,13-15H2,(H,34,35). The van der Waals surface area contributed by atoms with Crippen LogP contribution in [0.25, 0.3) is 0 Å². The highest BCUT2D eigenvalue weighted by atomic mass is 35.5. The molecule has 0 radical (unpaired) electrons. The number of Topliss-reactive ketones (excluding diaryl/α,β-unsaturated/α-hetero) is 1. The van der Waals surface area contributed by atoms with Crippen LogP contribution in [0.1, 0.15) is 17.8 Å². The summed E-state index contributed by atoms with van der Waals surface area (Å²) in [6, 6.07) is 19.1. The van der Waals surface area contributed by atoms with Crippen molar-refractivity contribution in [3.63, 3.8) is 0 Å². The Morgan fingerprint density at radius 2 is 1.59 bits per heavy atom. The zero-order chi connectivity index (χ0) is 28.0. The zero-order valence-electron chi connectivity index (χ0n) is 20.1. The van der Waals surface area contributed by atoms with Crippen molar-refractivity contribution in [2.75, 3.05) is 0 Å². The van der Waals surface area contributed by atoms with Crippen LogP contribution in [0.4, 0.5) is 0 Å². The summed E-state index contributed by atoms with van der Waals surface area (Å²) in [6.07, 6.45) is -0.618. The van der Waals surface area contributed by atoms with Crippen LogP contribution in [-0.4, -0.2) is 51.5 Å². The van der Waals surface area contributed by atoms with Gasteiger partial charge in [0.1, 0.15) is 6.54 Å². The summed E-state index contributed by atoms with van der Waals surface area (Å²) in [4.78, 5) is 27.0. The first kappa shape index (κ1) is 28.7. The van der Waals surface area contributed by atoms with E-state index < -0.39 is 40.8 Å². The highest BCUT2D eigenvalue weighted by Crippen LogP contribution is 2.28. The molecule has 3 aromatic carbocycles. The smallest absolute Gasteiger partial charge is 0.305 e. The minimum atomic E-state index is -4.22. The third-order valence-corrected chi connectivity index (χ3v) is 8.58. The topological polar surface area (TPSA) is 144 Å². The first-order valence-electron chi connectivity index (χ1n) is 11.4. The normalized spacial score (nSPS) is 12.3. The van der Waals surface area contributed by atoms with Crippen molar-refractivity contribution in [2.45, 2.75) is 40.1 Å². The lowest BCUT2D eigenvalue weighted by atomic mass is 10.1. The molecule has 10 nitrogen and oxygen atoms in total. The van der Waals surface area contributed by atoms with E-state index in [0.717, 1.165) is 14.6 Å². The van der Waals surface area contributed by atoms with E-state index in [4.69, 9.17) is 23.2 Å². The number of halogens is 2. The summed E-state index contributed by atoms with van der Waals surface area (Å²) < 4.78 is 28.2. The third-order valence-electron chi connectivity index (χ3n) is 5.37. The van der Waals surface area contributed by atoms with Gasteiger partial charge in [-0.25, -0.2) is 8.42 Å². The fourth-order valence-corrected chi connectivity index (χ4v) is 6.07. The lowest BCUT2D eigenvalue weighted by Gasteiger charge is -2.16. The van der Waals surface area contributed by atoms with E-state index in [1.54, 1.807) is 30.3 Å². The van der Waals surface area contributed by atoms with Gasteiger partial charge in [0.25, 0.3) is 0 Å². The number of aliphatic carboxylic acids is 1. The molecule has 1 atom stereocenters. The largest absolute Gasteiger partial charge is 0.481 e. The van der Waals surface area contributed by atoms with E-state index in [0.29, 0.717) is 15.6 Å². The van der Waals surface area contributed by atoms with Crippen molar-refractivity contribution in [3.8, 4) is 0 Å². The average Bonchev–Trinajstić information content (AvgIpc) is 3.33. The molecule has 0 spiro atoms. The minimum absolute atomic E-state index is 0.110. The molecule has 0 fully saturated rings. The number of carboxylic acids is 1. The maximum absolute atomic E-state index is 13.0. The minimum Gasteiger partial charge on any atom is -0.481 e. The predicted octanol–water partition coefficient (Wildman–Crippen LogP) is 4.11. The highest BCUT2D eigenvalue weighted by molar-refractivity contribution is 7.99. The number of hydrogen-bond acceptors (Lipinski definition) is 8. The first-order chi connectivity index (χ1) is 18.6. The van der Waals surface area contributed by atoms with Crippen LogP contribution in [0.3, 0.4) is 0 Å². The van der Waals surface area contributed by atoms with Crippen LogP contribution in [0.5, 0.6) is 0 Å². The quantitative estimate of drug-likeness (QED) is 0.243. The van der Waals surface area contributed by atoms with E-state index in [1.165, 1.54) is 23.9 Å². The molecule has 0 saturated carbocycles. The molecule has 202 valence electrons. The molecule has 0 aliphatic rings. The molecule has 2 N–H and O–H groups in total. The Balaban J connectivity index is 1.44. The molecule has 39 heavy (non-hydrogen) atoms. The Bertz CT molecular complexity index is 1560. The van der Waals surface area contributed by atoms with Crippen molar-refractivity contribution < 1.29 is 23.1 Å². The fourth-order valence-electron chi connectivity index (χ4n) is 3.49. The lowest BCUT2D eigenvalue weighted by molar-refractivity contribution is -0.139. The molecular formula is C25H21Cl2N5O5S2. The van der Waals surface area contributed by atoms with E-state index in [1.807, 2.05) is 30.3 Å². The van der Waals surface area contributed by atoms with Crippen LogP contribution < -0.4 is 4.72 Å². The van der Waals surface area contributed by atoms with E-state index in [9.17, 15) is 23.1 Å². The van der Waals surface area contributed by atoms with Crippen LogP contribution in [0, 0.1) is 0 Å². The molecule has 4 aromatic rings. The molecule has 0 aliphatic heterocycles. The Morgan fingerprint density at radius 1 is 0.949 bits per heavy atom. The molecule has 0 saturated heterocycles. The maximum atomic E-state index is 13.0.